The number of anilines is 1. The van der Waals surface area contributed by atoms with E-state index in [0.29, 0.717) is 29.3 Å². The molecule has 7 nitrogen and oxygen atoms in total. The minimum Gasteiger partial charge on any atom is -0.497 e. The van der Waals surface area contributed by atoms with E-state index in [0.717, 1.165) is 47.0 Å². The predicted octanol–water partition coefficient (Wildman–Crippen LogP) is 4.66. The average molecular weight is 476 g/mol. The number of methoxy groups -OCH3 is 1. The number of benzene rings is 2. The molecule has 0 saturated carbocycles. The summed E-state index contributed by atoms with van der Waals surface area (Å²) in [7, 11) is 1.66. The highest BCUT2D eigenvalue weighted by Gasteiger charge is 2.26. The molecule has 0 spiro atoms. The van der Waals surface area contributed by atoms with Crippen molar-refractivity contribution in [2.75, 3.05) is 38.2 Å². The van der Waals surface area contributed by atoms with Gasteiger partial charge >= 0.3 is 0 Å². The first-order valence-corrected chi connectivity index (χ1v) is 11.6. The average Bonchev–Trinajstić information content (AvgIpc) is 3.19. The zero-order chi connectivity index (χ0) is 23.8. The molecule has 2 aromatic carbocycles. The Morgan fingerprint density at radius 3 is 2.38 bits per heavy atom. The Labute approximate surface area is 203 Å². The van der Waals surface area contributed by atoms with E-state index >= 15 is 0 Å². The van der Waals surface area contributed by atoms with Crippen molar-refractivity contribution in [3.05, 3.63) is 76.6 Å². The zero-order valence-corrected chi connectivity index (χ0v) is 20.2. The van der Waals surface area contributed by atoms with Crippen LogP contribution in [0.25, 0.3) is 16.7 Å². The number of nitrogens with zero attached hydrogens (tertiary/aromatic N) is 5. The quantitative estimate of drug-likeness (QED) is 0.429. The first kappa shape index (κ1) is 22.2. The van der Waals surface area contributed by atoms with Crippen molar-refractivity contribution < 1.29 is 9.53 Å². The molecule has 0 radical (unpaired) electrons. The van der Waals surface area contributed by atoms with Gasteiger partial charge in [0.2, 0.25) is 0 Å². The first-order chi connectivity index (χ1) is 16.5. The standard InChI is InChI=1S/C26H26ClN5O2/c1-17-16-21(24-18(2)29-32(25(24)28-17)23-7-5-4-6-22(23)27)26(33)31-14-12-30(13-15-31)19-8-10-20(34-3)11-9-19/h4-11,16H,12-15H2,1-3H3. The number of para-hydroxylation sites is 1. The summed E-state index contributed by atoms with van der Waals surface area (Å²) < 4.78 is 6.99. The number of aryl methyl sites for hydroxylation is 2. The van der Waals surface area contributed by atoms with Crippen molar-refractivity contribution in [2.45, 2.75) is 13.8 Å². The van der Waals surface area contributed by atoms with Gasteiger partial charge in [-0.15, -0.1) is 0 Å². The van der Waals surface area contributed by atoms with E-state index in [2.05, 4.69) is 17.0 Å². The molecule has 1 aliphatic heterocycles. The first-order valence-electron chi connectivity index (χ1n) is 11.3. The second-order valence-corrected chi connectivity index (χ2v) is 8.84. The van der Waals surface area contributed by atoms with E-state index in [9.17, 15) is 4.79 Å². The van der Waals surface area contributed by atoms with Gasteiger partial charge in [0.25, 0.3) is 5.91 Å². The predicted molar refractivity (Wildman–Crippen MR) is 134 cm³/mol. The topological polar surface area (TPSA) is 63.5 Å². The fourth-order valence-electron chi connectivity index (χ4n) is 4.51. The maximum Gasteiger partial charge on any atom is 0.254 e. The molecule has 1 saturated heterocycles. The molecule has 0 unspecified atom stereocenters. The molecule has 3 heterocycles. The molecule has 0 atom stereocenters. The molecular weight excluding hydrogens is 450 g/mol. The number of carbonyl (C=O) groups excluding carboxylic acids is 1. The third-order valence-electron chi connectivity index (χ3n) is 6.26. The Morgan fingerprint density at radius 2 is 1.71 bits per heavy atom. The number of rotatable bonds is 4. The van der Waals surface area contributed by atoms with Gasteiger partial charge in [0.1, 0.15) is 5.75 Å². The molecule has 1 fully saturated rings. The maximum absolute atomic E-state index is 13.7. The summed E-state index contributed by atoms with van der Waals surface area (Å²) in [6.45, 7) is 6.63. The van der Waals surface area contributed by atoms with E-state index in [1.54, 1.807) is 11.8 Å². The largest absolute Gasteiger partial charge is 0.497 e. The molecule has 8 heteroatoms. The van der Waals surface area contributed by atoms with Gasteiger partial charge in [0.05, 0.1) is 34.5 Å². The van der Waals surface area contributed by atoms with Crippen molar-refractivity contribution in [2.24, 2.45) is 0 Å². The Hall–Kier alpha value is -3.58. The highest BCUT2D eigenvalue weighted by Crippen LogP contribution is 2.29. The van der Waals surface area contributed by atoms with Crippen LogP contribution in [0.3, 0.4) is 0 Å². The lowest BCUT2D eigenvalue weighted by Gasteiger charge is -2.36. The van der Waals surface area contributed by atoms with Crippen LogP contribution < -0.4 is 9.64 Å². The Balaban J connectivity index is 1.43. The molecule has 0 bridgehead atoms. The van der Waals surface area contributed by atoms with Crippen molar-refractivity contribution in [3.8, 4) is 11.4 Å². The number of aromatic nitrogens is 3. The number of ether oxygens (including phenoxy) is 1. The second kappa shape index (κ2) is 8.99. The van der Waals surface area contributed by atoms with E-state index in [-0.39, 0.29) is 5.91 Å². The maximum atomic E-state index is 13.7. The van der Waals surface area contributed by atoms with Crippen LogP contribution in [0.1, 0.15) is 21.7 Å². The number of hydrogen-bond donors (Lipinski definition) is 0. The lowest BCUT2D eigenvalue weighted by molar-refractivity contribution is 0.0748. The molecule has 1 amide bonds. The van der Waals surface area contributed by atoms with Gasteiger partial charge in [-0.3, -0.25) is 4.79 Å². The molecule has 1 aliphatic rings. The third kappa shape index (κ3) is 3.96. The molecule has 0 N–H and O–H groups in total. The minimum absolute atomic E-state index is 0.00619. The zero-order valence-electron chi connectivity index (χ0n) is 19.5. The number of fused-ring (bicyclic) bond motifs is 1. The van der Waals surface area contributed by atoms with Crippen LogP contribution in [-0.2, 0) is 0 Å². The molecule has 34 heavy (non-hydrogen) atoms. The summed E-state index contributed by atoms with van der Waals surface area (Å²) in [5, 5.41) is 6.05. The smallest absolute Gasteiger partial charge is 0.254 e. The molecule has 2 aromatic heterocycles. The Morgan fingerprint density at radius 1 is 1.00 bits per heavy atom. The molecular formula is C26H26ClN5O2. The SMILES string of the molecule is COc1ccc(N2CCN(C(=O)c3cc(C)nc4c3c(C)nn4-c3ccccc3Cl)CC2)cc1. The van der Waals surface area contributed by atoms with Crippen LogP contribution in [0.5, 0.6) is 5.75 Å². The molecule has 4 aromatic rings. The van der Waals surface area contributed by atoms with Gasteiger partial charge in [-0.2, -0.15) is 5.10 Å². The van der Waals surface area contributed by atoms with E-state index in [1.807, 2.05) is 61.2 Å². The summed E-state index contributed by atoms with van der Waals surface area (Å²) in [5.74, 6) is 0.842. The highest BCUT2D eigenvalue weighted by atomic mass is 35.5. The molecule has 174 valence electrons. The minimum atomic E-state index is 0.00619. The van der Waals surface area contributed by atoms with Crippen molar-refractivity contribution in [1.29, 1.82) is 0 Å². The summed E-state index contributed by atoms with van der Waals surface area (Å²) in [4.78, 5) is 22.6. The van der Waals surface area contributed by atoms with Crippen LogP contribution in [0.4, 0.5) is 5.69 Å². The Bertz CT molecular complexity index is 1360. The van der Waals surface area contributed by atoms with Crippen LogP contribution >= 0.6 is 11.6 Å². The van der Waals surface area contributed by atoms with Crippen molar-refractivity contribution >= 4 is 34.2 Å². The van der Waals surface area contributed by atoms with E-state index in [4.69, 9.17) is 26.4 Å². The number of hydrogen-bond acceptors (Lipinski definition) is 5. The monoisotopic (exact) mass is 475 g/mol. The van der Waals surface area contributed by atoms with Gasteiger partial charge < -0.3 is 14.5 Å². The van der Waals surface area contributed by atoms with Gasteiger partial charge in [0.15, 0.2) is 5.65 Å². The van der Waals surface area contributed by atoms with Crippen LogP contribution in [0.2, 0.25) is 5.02 Å². The summed E-state index contributed by atoms with van der Waals surface area (Å²) in [6, 6.07) is 17.4. The molecule has 5 rings (SSSR count). The fraction of sp³-hybridized carbons (Fsp3) is 0.269. The van der Waals surface area contributed by atoms with Gasteiger partial charge in [-0.05, 0) is 56.3 Å². The van der Waals surface area contributed by atoms with Crippen LogP contribution in [0, 0.1) is 13.8 Å². The van der Waals surface area contributed by atoms with E-state index in [1.165, 1.54) is 0 Å². The lowest BCUT2D eigenvalue weighted by Crippen LogP contribution is -2.48. The van der Waals surface area contributed by atoms with Crippen molar-refractivity contribution in [3.63, 3.8) is 0 Å². The summed E-state index contributed by atoms with van der Waals surface area (Å²) >= 11 is 6.44. The van der Waals surface area contributed by atoms with Crippen molar-refractivity contribution in [1.82, 2.24) is 19.7 Å². The Kier molecular flexibility index (Phi) is 5.87. The normalized spacial score (nSPS) is 14.0. The van der Waals surface area contributed by atoms with Crippen LogP contribution in [-0.4, -0.2) is 58.9 Å². The summed E-state index contributed by atoms with van der Waals surface area (Å²) in [6.07, 6.45) is 0. The fourth-order valence-corrected chi connectivity index (χ4v) is 4.72. The number of piperazine rings is 1. The van der Waals surface area contributed by atoms with E-state index < -0.39 is 0 Å². The van der Waals surface area contributed by atoms with Crippen LogP contribution in [0.15, 0.2) is 54.6 Å². The third-order valence-corrected chi connectivity index (χ3v) is 6.58. The number of pyridine rings is 1. The number of carbonyl (C=O) groups is 1. The molecule has 0 aliphatic carbocycles. The number of amides is 1. The number of halogens is 1. The highest BCUT2D eigenvalue weighted by molar-refractivity contribution is 6.32. The second-order valence-electron chi connectivity index (χ2n) is 8.44. The lowest BCUT2D eigenvalue weighted by atomic mass is 10.1. The summed E-state index contributed by atoms with van der Waals surface area (Å²) in [5.41, 5.74) is 4.67. The van der Waals surface area contributed by atoms with Gasteiger partial charge in [0, 0.05) is 37.6 Å². The van der Waals surface area contributed by atoms with Gasteiger partial charge in [-0.25, -0.2) is 9.67 Å². The van der Waals surface area contributed by atoms with Gasteiger partial charge in [-0.1, -0.05) is 23.7 Å².